The maximum atomic E-state index is 13.0. The number of carbonyl (C=O) groups is 1. The van der Waals surface area contributed by atoms with E-state index in [9.17, 15) is 18.0 Å². The van der Waals surface area contributed by atoms with E-state index in [0.717, 1.165) is 25.7 Å². The molecule has 1 aliphatic rings. The second-order valence-electron chi connectivity index (χ2n) is 7.71. The monoisotopic (exact) mass is 459 g/mol. The van der Waals surface area contributed by atoms with Crippen molar-refractivity contribution in [3.63, 3.8) is 0 Å². The van der Waals surface area contributed by atoms with Gasteiger partial charge in [-0.25, -0.2) is 8.42 Å². The third-order valence-corrected chi connectivity index (χ3v) is 7.38. The summed E-state index contributed by atoms with van der Waals surface area (Å²) in [6.45, 7) is 1.71. The lowest BCUT2D eigenvalue weighted by atomic mass is 10.1. The number of halogens is 1. The minimum absolute atomic E-state index is 0.0346. The van der Waals surface area contributed by atoms with Crippen molar-refractivity contribution in [2.75, 3.05) is 4.72 Å². The first-order chi connectivity index (χ1) is 14.8. The number of aromatic amines is 1. The molecule has 1 saturated carbocycles. The second-order valence-corrected chi connectivity index (χ2v) is 9.80. The van der Waals surface area contributed by atoms with Crippen LogP contribution in [-0.2, 0) is 10.0 Å². The van der Waals surface area contributed by atoms with Crippen LogP contribution in [0.3, 0.4) is 0 Å². The average molecular weight is 460 g/mol. The Kier molecular flexibility index (Phi) is 5.77. The molecule has 31 heavy (non-hydrogen) atoms. The van der Waals surface area contributed by atoms with E-state index in [1.807, 2.05) is 0 Å². The molecule has 2 aromatic carbocycles. The predicted octanol–water partition coefficient (Wildman–Crippen LogP) is 3.96. The molecule has 0 unspecified atom stereocenters. The summed E-state index contributed by atoms with van der Waals surface area (Å²) in [5, 5.41) is 3.46. The van der Waals surface area contributed by atoms with E-state index < -0.39 is 21.4 Å². The molecule has 1 aromatic heterocycles. The largest absolute Gasteiger partial charge is 0.360 e. The van der Waals surface area contributed by atoms with E-state index in [-0.39, 0.29) is 21.9 Å². The summed E-state index contributed by atoms with van der Waals surface area (Å²) >= 11 is 6.08. The van der Waals surface area contributed by atoms with Gasteiger partial charge in [-0.15, -0.1) is 0 Å². The molecule has 0 saturated heterocycles. The minimum Gasteiger partial charge on any atom is -0.360 e. The maximum Gasteiger partial charge on any atom is 0.261 e. The molecule has 0 bridgehead atoms. The van der Waals surface area contributed by atoms with Crippen LogP contribution < -0.4 is 15.5 Å². The van der Waals surface area contributed by atoms with Gasteiger partial charge in [0.2, 0.25) is 5.43 Å². The van der Waals surface area contributed by atoms with Gasteiger partial charge in [0.15, 0.2) is 0 Å². The van der Waals surface area contributed by atoms with Gasteiger partial charge in [-0.3, -0.25) is 14.3 Å². The smallest absolute Gasteiger partial charge is 0.261 e. The van der Waals surface area contributed by atoms with Gasteiger partial charge in [0, 0.05) is 28.2 Å². The molecule has 1 aliphatic carbocycles. The fraction of sp³-hybridized carbons (Fsp3) is 0.273. The van der Waals surface area contributed by atoms with Crippen molar-refractivity contribution >= 4 is 44.1 Å². The highest BCUT2D eigenvalue weighted by atomic mass is 35.5. The van der Waals surface area contributed by atoms with Crippen molar-refractivity contribution in [1.29, 1.82) is 0 Å². The van der Waals surface area contributed by atoms with Crippen molar-refractivity contribution in [1.82, 2.24) is 10.3 Å². The highest BCUT2D eigenvalue weighted by Gasteiger charge is 2.22. The predicted molar refractivity (Wildman–Crippen MR) is 121 cm³/mol. The highest BCUT2D eigenvalue weighted by molar-refractivity contribution is 7.92. The molecule has 3 aromatic rings. The molecule has 0 aliphatic heterocycles. The standard InChI is InChI=1S/C22H22ClN3O4S/c1-13-18(23)7-4-8-19(13)26-31(29,30)15-9-10-20-16(11-15)21(27)17(12-24-20)22(28)25-14-5-2-3-6-14/h4,7-12,14,26H,2-3,5-6H2,1H3,(H,24,27)(H,25,28). The van der Waals surface area contributed by atoms with E-state index in [4.69, 9.17) is 11.6 Å². The van der Waals surface area contributed by atoms with Crippen LogP contribution in [0.2, 0.25) is 5.02 Å². The van der Waals surface area contributed by atoms with E-state index in [2.05, 4.69) is 15.0 Å². The van der Waals surface area contributed by atoms with Crippen LogP contribution >= 0.6 is 11.6 Å². The van der Waals surface area contributed by atoms with Crippen LogP contribution in [-0.4, -0.2) is 25.4 Å². The summed E-state index contributed by atoms with van der Waals surface area (Å²) in [6.07, 6.45) is 5.28. The normalized spacial score (nSPS) is 14.6. The number of nitrogens with one attached hydrogen (secondary N) is 3. The zero-order valence-electron chi connectivity index (χ0n) is 16.9. The molecule has 3 N–H and O–H groups in total. The van der Waals surface area contributed by atoms with Gasteiger partial charge in [-0.2, -0.15) is 0 Å². The van der Waals surface area contributed by atoms with Gasteiger partial charge in [0.25, 0.3) is 15.9 Å². The Morgan fingerprint density at radius 1 is 1.16 bits per heavy atom. The second kappa shape index (κ2) is 8.36. The van der Waals surface area contributed by atoms with Crippen molar-refractivity contribution in [2.24, 2.45) is 0 Å². The first-order valence-electron chi connectivity index (χ1n) is 10.0. The minimum atomic E-state index is -3.97. The molecule has 0 atom stereocenters. The van der Waals surface area contributed by atoms with Gasteiger partial charge in [-0.1, -0.05) is 30.5 Å². The quantitative estimate of drug-likeness (QED) is 0.536. The van der Waals surface area contributed by atoms with Gasteiger partial charge in [0.05, 0.1) is 10.6 Å². The first-order valence-corrected chi connectivity index (χ1v) is 11.9. The lowest BCUT2D eigenvalue weighted by Crippen LogP contribution is -2.35. The number of pyridine rings is 1. The van der Waals surface area contributed by atoms with Crippen molar-refractivity contribution in [3.8, 4) is 0 Å². The molecule has 0 radical (unpaired) electrons. The fourth-order valence-electron chi connectivity index (χ4n) is 3.79. The number of rotatable bonds is 5. The summed E-state index contributed by atoms with van der Waals surface area (Å²) in [5.74, 6) is -0.448. The molecule has 1 fully saturated rings. The molecule has 7 nitrogen and oxygen atoms in total. The summed E-state index contributed by atoms with van der Waals surface area (Å²) in [6, 6.07) is 9.18. The Bertz CT molecular complexity index is 1330. The number of sulfonamides is 1. The Hall–Kier alpha value is -2.84. The van der Waals surface area contributed by atoms with E-state index in [1.54, 1.807) is 25.1 Å². The fourth-order valence-corrected chi connectivity index (χ4v) is 5.11. The number of fused-ring (bicyclic) bond motifs is 1. The third kappa shape index (κ3) is 4.31. The molecule has 162 valence electrons. The Morgan fingerprint density at radius 2 is 1.90 bits per heavy atom. The van der Waals surface area contributed by atoms with E-state index in [0.29, 0.717) is 21.8 Å². The number of anilines is 1. The molecule has 1 amide bonds. The number of carbonyl (C=O) groups excluding carboxylic acids is 1. The highest BCUT2D eigenvalue weighted by Crippen LogP contribution is 2.26. The number of hydrogen-bond donors (Lipinski definition) is 3. The number of amides is 1. The van der Waals surface area contributed by atoms with Gasteiger partial charge in [-0.05, 0) is 55.7 Å². The van der Waals surface area contributed by atoms with Crippen LogP contribution in [0.15, 0.2) is 52.3 Å². The van der Waals surface area contributed by atoms with Crippen LogP contribution in [0.5, 0.6) is 0 Å². The van der Waals surface area contributed by atoms with E-state index in [1.165, 1.54) is 24.4 Å². The van der Waals surface area contributed by atoms with Gasteiger partial charge < -0.3 is 10.3 Å². The van der Waals surface area contributed by atoms with Gasteiger partial charge in [0.1, 0.15) is 5.56 Å². The van der Waals surface area contributed by atoms with Crippen LogP contribution in [0.25, 0.3) is 10.9 Å². The zero-order valence-corrected chi connectivity index (χ0v) is 18.4. The molecular formula is C22H22ClN3O4S. The van der Waals surface area contributed by atoms with Crippen molar-refractivity contribution in [2.45, 2.75) is 43.5 Å². The lowest BCUT2D eigenvalue weighted by molar-refractivity contribution is 0.0936. The number of H-pyrrole nitrogens is 1. The molecule has 0 spiro atoms. The topological polar surface area (TPSA) is 108 Å². The SMILES string of the molecule is Cc1c(Cl)cccc1NS(=O)(=O)c1ccc2[nH]cc(C(=O)NC3CCCC3)c(=O)c2c1. The summed E-state index contributed by atoms with van der Waals surface area (Å²) in [7, 11) is -3.97. The maximum absolute atomic E-state index is 13.0. The van der Waals surface area contributed by atoms with E-state index >= 15 is 0 Å². The van der Waals surface area contributed by atoms with Gasteiger partial charge >= 0.3 is 0 Å². The average Bonchev–Trinajstić information content (AvgIpc) is 3.24. The van der Waals surface area contributed by atoms with Crippen molar-refractivity contribution in [3.05, 3.63) is 69.0 Å². The molecule has 1 heterocycles. The number of hydrogen-bond acceptors (Lipinski definition) is 4. The first kappa shape index (κ1) is 21.4. The van der Waals surface area contributed by atoms with Crippen molar-refractivity contribution < 1.29 is 13.2 Å². The molecule has 9 heteroatoms. The lowest BCUT2D eigenvalue weighted by Gasteiger charge is -2.13. The molecular weight excluding hydrogens is 438 g/mol. The number of aromatic nitrogens is 1. The molecule has 4 rings (SSSR count). The van der Waals surface area contributed by atoms with Crippen LogP contribution in [0.1, 0.15) is 41.6 Å². The third-order valence-electron chi connectivity index (χ3n) is 5.61. The van der Waals surface area contributed by atoms with Crippen LogP contribution in [0, 0.1) is 6.92 Å². The van der Waals surface area contributed by atoms with Crippen LogP contribution in [0.4, 0.5) is 5.69 Å². The number of benzene rings is 2. The zero-order chi connectivity index (χ0) is 22.2. The Labute approximate surface area is 184 Å². The Balaban J connectivity index is 1.69. The summed E-state index contributed by atoms with van der Waals surface area (Å²) < 4.78 is 28.4. The summed E-state index contributed by atoms with van der Waals surface area (Å²) in [5.41, 5.74) is 0.844. The Morgan fingerprint density at radius 3 is 2.65 bits per heavy atom. The summed E-state index contributed by atoms with van der Waals surface area (Å²) in [4.78, 5) is 28.4.